The molecule has 0 saturated carbocycles. The van der Waals surface area contributed by atoms with Crippen molar-refractivity contribution in [3.05, 3.63) is 35.1 Å². The van der Waals surface area contributed by atoms with Crippen molar-refractivity contribution < 1.29 is 31.5 Å². The van der Waals surface area contributed by atoms with E-state index in [0.29, 0.717) is 6.07 Å². The molecule has 1 aliphatic heterocycles. The molecule has 1 heterocycles. The molecular weight excluding hydrogens is 261 g/mol. The van der Waals surface area contributed by atoms with E-state index in [9.17, 15) is 26.7 Å². The Bertz CT molecular complexity index is 505. The molecule has 2 rings (SSSR count). The Morgan fingerprint density at radius 3 is 2.61 bits per heavy atom. The van der Waals surface area contributed by atoms with Crippen molar-refractivity contribution in [3.63, 3.8) is 0 Å². The summed E-state index contributed by atoms with van der Waals surface area (Å²) in [5.41, 5.74) is -0.964. The van der Waals surface area contributed by atoms with Crippen LogP contribution in [-0.4, -0.2) is 18.6 Å². The molecule has 0 spiro atoms. The van der Waals surface area contributed by atoms with Crippen LogP contribution in [0.15, 0.2) is 12.1 Å². The zero-order valence-electron chi connectivity index (χ0n) is 8.65. The Balaban J connectivity index is 2.49. The molecule has 1 saturated heterocycles. The molecule has 0 radical (unpaired) electrons. The van der Waals surface area contributed by atoms with E-state index >= 15 is 0 Å². The Morgan fingerprint density at radius 2 is 1.94 bits per heavy atom. The monoisotopic (exact) mass is 267 g/mol. The molecule has 1 aromatic carbocycles. The molecule has 1 aliphatic rings. The Morgan fingerprint density at radius 1 is 1.28 bits per heavy atom. The SMILES string of the molecule is O=C1N[C@H](c2cc(F)cc(F)c2F)C(F)(F)CO1. The summed E-state index contributed by atoms with van der Waals surface area (Å²) < 4.78 is 70.1. The van der Waals surface area contributed by atoms with Gasteiger partial charge in [0, 0.05) is 11.6 Å². The summed E-state index contributed by atoms with van der Waals surface area (Å²) >= 11 is 0. The zero-order valence-corrected chi connectivity index (χ0v) is 8.65. The van der Waals surface area contributed by atoms with Crippen LogP contribution in [0.1, 0.15) is 11.6 Å². The fourth-order valence-electron chi connectivity index (χ4n) is 1.60. The van der Waals surface area contributed by atoms with Crippen LogP contribution in [0.4, 0.5) is 26.7 Å². The van der Waals surface area contributed by atoms with Gasteiger partial charge in [0.05, 0.1) is 0 Å². The summed E-state index contributed by atoms with van der Waals surface area (Å²) in [6.07, 6.45) is -1.21. The summed E-state index contributed by atoms with van der Waals surface area (Å²) in [6.45, 7) is -1.29. The maximum atomic E-state index is 13.4. The van der Waals surface area contributed by atoms with E-state index in [1.165, 1.54) is 0 Å². The van der Waals surface area contributed by atoms with Gasteiger partial charge in [0.25, 0.3) is 0 Å². The molecule has 18 heavy (non-hydrogen) atoms. The lowest BCUT2D eigenvalue weighted by molar-refractivity contribution is -0.105. The lowest BCUT2D eigenvalue weighted by atomic mass is 9.99. The van der Waals surface area contributed by atoms with Crippen LogP contribution < -0.4 is 5.32 Å². The lowest BCUT2D eigenvalue weighted by Gasteiger charge is -2.31. The Hall–Kier alpha value is -1.86. The Labute approximate surface area is 97.5 Å². The van der Waals surface area contributed by atoms with Gasteiger partial charge < -0.3 is 10.1 Å². The first-order chi connectivity index (χ1) is 8.31. The lowest BCUT2D eigenvalue weighted by Crippen LogP contribution is -2.50. The standard InChI is InChI=1S/C10H6F5NO2/c11-4-1-5(7(13)6(12)2-4)8-10(14,15)3-18-9(17)16-8/h1-2,8H,3H2,(H,16,17)/t8-/m1/s1. The van der Waals surface area contributed by atoms with Gasteiger partial charge in [-0.05, 0) is 6.07 Å². The van der Waals surface area contributed by atoms with Crippen LogP contribution in [0.5, 0.6) is 0 Å². The highest BCUT2D eigenvalue weighted by Crippen LogP contribution is 2.36. The first-order valence-electron chi connectivity index (χ1n) is 4.77. The molecule has 1 atom stereocenters. The molecular formula is C10H6F5NO2. The molecule has 0 bridgehead atoms. The van der Waals surface area contributed by atoms with E-state index in [4.69, 9.17) is 0 Å². The highest BCUT2D eigenvalue weighted by Gasteiger charge is 2.48. The van der Waals surface area contributed by atoms with Gasteiger partial charge in [-0.3, -0.25) is 0 Å². The fraction of sp³-hybridized carbons (Fsp3) is 0.300. The van der Waals surface area contributed by atoms with Crippen molar-refractivity contribution in [3.8, 4) is 0 Å². The van der Waals surface area contributed by atoms with Crippen LogP contribution >= 0.6 is 0 Å². The van der Waals surface area contributed by atoms with Crippen LogP contribution in [0.3, 0.4) is 0 Å². The summed E-state index contributed by atoms with van der Waals surface area (Å²) in [4.78, 5) is 10.8. The second-order valence-corrected chi connectivity index (χ2v) is 3.71. The highest BCUT2D eigenvalue weighted by atomic mass is 19.3. The Kier molecular flexibility index (Phi) is 2.88. The molecule has 1 amide bonds. The predicted molar refractivity (Wildman–Crippen MR) is 48.5 cm³/mol. The van der Waals surface area contributed by atoms with Gasteiger partial charge in [-0.25, -0.2) is 26.7 Å². The van der Waals surface area contributed by atoms with Crippen LogP contribution in [-0.2, 0) is 4.74 Å². The zero-order chi connectivity index (χ0) is 13.5. The van der Waals surface area contributed by atoms with Gasteiger partial charge in [0.15, 0.2) is 18.2 Å². The van der Waals surface area contributed by atoms with Gasteiger partial charge in [-0.15, -0.1) is 0 Å². The number of hydrogen-bond acceptors (Lipinski definition) is 2. The molecule has 0 unspecified atom stereocenters. The largest absolute Gasteiger partial charge is 0.443 e. The van der Waals surface area contributed by atoms with Crippen molar-refractivity contribution in [2.24, 2.45) is 0 Å². The number of cyclic esters (lactones) is 1. The summed E-state index contributed by atoms with van der Waals surface area (Å²) in [5.74, 6) is -8.14. The van der Waals surface area contributed by atoms with E-state index in [1.807, 2.05) is 0 Å². The number of nitrogens with one attached hydrogen (secondary N) is 1. The molecule has 0 aliphatic carbocycles. The minimum absolute atomic E-state index is 0.220. The minimum atomic E-state index is -3.67. The van der Waals surface area contributed by atoms with E-state index in [-0.39, 0.29) is 6.07 Å². The number of carbonyl (C=O) groups excluding carboxylic acids is 1. The maximum Gasteiger partial charge on any atom is 0.408 e. The van der Waals surface area contributed by atoms with E-state index in [0.717, 1.165) is 0 Å². The average molecular weight is 267 g/mol. The van der Waals surface area contributed by atoms with Gasteiger partial charge in [0.1, 0.15) is 11.9 Å². The molecule has 1 aromatic rings. The number of halogens is 5. The van der Waals surface area contributed by atoms with Crippen LogP contribution in [0, 0.1) is 17.5 Å². The molecule has 1 fully saturated rings. The third kappa shape index (κ3) is 2.09. The number of alkyl carbamates (subject to hydrolysis) is 1. The predicted octanol–water partition coefficient (Wildman–Crippen LogP) is 2.52. The van der Waals surface area contributed by atoms with Gasteiger partial charge in [-0.1, -0.05) is 0 Å². The third-order valence-corrected chi connectivity index (χ3v) is 2.41. The smallest absolute Gasteiger partial charge is 0.408 e. The van der Waals surface area contributed by atoms with Crippen molar-refractivity contribution >= 4 is 6.09 Å². The van der Waals surface area contributed by atoms with E-state index in [1.54, 1.807) is 5.32 Å². The first-order valence-corrected chi connectivity index (χ1v) is 4.77. The molecule has 98 valence electrons. The molecule has 8 heteroatoms. The fourth-order valence-corrected chi connectivity index (χ4v) is 1.60. The van der Waals surface area contributed by atoms with Gasteiger partial charge in [0.2, 0.25) is 0 Å². The quantitative estimate of drug-likeness (QED) is 0.627. The number of carbonyl (C=O) groups is 1. The number of ether oxygens (including phenoxy) is 1. The maximum absolute atomic E-state index is 13.4. The highest BCUT2D eigenvalue weighted by molar-refractivity contribution is 5.69. The van der Waals surface area contributed by atoms with Gasteiger partial charge >= 0.3 is 12.0 Å². The molecule has 0 aromatic heterocycles. The molecule has 3 nitrogen and oxygen atoms in total. The van der Waals surface area contributed by atoms with Crippen LogP contribution in [0.2, 0.25) is 0 Å². The summed E-state index contributed by atoms with van der Waals surface area (Å²) in [5, 5.41) is 1.63. The summed E-state index contributed by atoms with van der Waals surface area (Å²) in [7, 11) is 0. The second-order valence-electron chi connectivity index (χ2n) is 3.71. The normalized spacial score (nSPS) is 22.3. The molecule has 1 N–H and O–H groups in total. The number of rotatable bonds is 1. The third-order valence-electron chi connectivity index (χ3n) is 2.41. The van der Waals surface area contributed by atoms with Gasteiger partial charge in [-0.2, -0.15) is 0 Å². The number of amides is 1. The average Bonchev–Trinajstić information content (AvgIpc) is 2.27. The van der Waals surface area contributed by atoms with Crippen molar-refractivity contribution in [2.75, 3.05) is 6.61 Å². The number of benzene rings is 1. The van der Waals surface area contributed by atoms with E-state index in [2.05, 4.69) is 4.74 Å². The van der Waals surface area contributed by atoms with Crippen LogP contribution in [0.25, 0.3) is 0 Å². The van der Waals surface area contributed by atoms with Crippen molar-refractivity contribution in [1.29, 1.82) is 0 Å². The topological polar surface area (TPSA) is 38.3 Å². The summed E-state index contributed by atoms with van der Waals surface area (Å²) in [6, 6.07) is -1.55. The van der Waals surface area contributed by atoms with Crippen molar-refractivity contribution in [1.82, 2.24) is 5.32 Å². The van der Waals surface area contributed by atoms with E-state index < -0.39 is 47.7 Å². The second kappa shape index (κ2) is 4.11. The van der Waals surface area contributed by atoms with Crippen molar-refractivity contribution in [2.45, 2.75) is 12.0 Å². The minimum Gasteiger partial charge on any atom is -0.443 e. The number of hydrogen-bond donors (Lipinski definition) is 1. The number of alkyl halides is 2. The first kappa shape index (κ1) is 12.6.